The maximum Gasteiger partial charge on any atom is 0.514 e. The van der Waals surface area contributed by atoms with Gasteiger partial charge in [-0.25, -0.2) is 9.59 Å². The molecule has 0 spiro atoms. The Morgan fingerprint density at radius 2 is 0.763 bits per heavy atom. The minimum Gasteiger partial charge on any atom is -0.427 e. The maximum atomic E-state index is 12.2. The highest BCUT2D eigenvalue weighted by Gasteiger charge is 2.23. The van der Waals surface area contributed by atoms with Crippen molar-refractivity contribution in [2.24, 2.45) is 0 Å². The summed E-state index contributed by atoms with van der Waals surface area (Å²) < 4.78 is 21.0. The normalized spacial score (nSPS) is 12.2. The SMILES string of the molecule is CC(OC(=O)Oc1ccc(-c2ccc(N)cc2)cc1)C(C)OC(=O)Oc1ccc(-c2ccc(N)cc2)cc1. The number of nitrogen functional groups attached to an aromatic ring is 2. The molecule has 8 heteroatoms. The molecule has 2 atom stereocenters. The molecule has 0 bridgehead atoms. The van der Waals surface area contributed by atoms with Gasteiger partial charge in [0.05, 0.1) is 0 Å². The first-order valence-corrected chi connectivity index (χ1v) is 12.0. The van der Waals surface area contributed by atoms with Crippen LogP contribution in [0.5, 0.6) is 11.5 Å². The highest BCUT2D eigenvalue weighted by atomic mass is 16.8. The van der Waals surface area contributed by atoms with Crippen molar-refractivity contribution in [2.45, 2.75) is 26.1 Å². The Morgan fingerprint density at radius 1 is 0.500 bits per heavy atom. The summed E-state index contributed by atoms with van der Waals surface area (Å²) >= 11 is 0. The highest BCUT2D eigenvalue weighted by molar-refractivity contribution is 5.69. The second kappa shape index (κ2) is 11.8. The van der Waals surface area contributed by atoms with E-state index < -0.39 is 24.5 Å². The summed E-state index contributed by atoms with van der Waals surface area (Å²) in [5, 5.41) is 0. The Labute approximate surface area is 220 Å². The number of rotatable bonds is 7. The summed E-state index contributed by atoms with van der Waals surface area (Å²) in [6.07, 6.45) is -3.39. The molecular weight excluding hydrogens is 484 g/mol. The third-order valence-corrected chi connectivity index (χ3v) is 5.82. The number of ether oxygens (including phenoxy) is 4. The van der Waals surface area contributed by atoms with E-state index in [0.29, 0.717) is 22.9 Å². The molecule has 0 saturated carbocycles. The van der Waals surface area contributed by atoms with Gasteiger partial charge in [-0.2, -0.15) is 0 Å². The van der Waals surface area contributed by atoms with Gasteiger partial charge in [0, 0.05) is 11.4 Å². The molecule has 4 rings (SSSR count). The van der Waals surface area contributed by atoms with Gasteiger partial charge in [-0.3, -0.25) is 0 Å². The first kappa shape index (κ1) is 26.1. The van der Waals surface area contributed by atoms with E-state index in [1.807, 2.05) is 72.8 Å². The number of nitrogens with two attached hydrogens (primary N) is 2. The third-order valence-electron chi connectivity index (χ3n) is 5.82. The fourth-order valence-electron chi connectivity index (χ4n) is 3.52. The lowest BCUT2D eigenvalue weighted by Gasteiger charge is -2.20. The smallest absolute Gasteiger partial charge is 0.427 e. The van der Waals surface area contributed by atoms with E-state index in [-0.39, 0.29) is 0 Å². The first-order chi connectivity index (χ1) is 18.3. The molecule has 8 nitrogen and oxygen atoms in total. The van der Waals surface area contributed by atoms with Crippen LogP contribution in [0.25, 0.3) is 22.3 Å². The minimum absolute atomic E-state index is 0.316. The molecule has 194 valence electrons. The van der Waals surface area contributed by atoms with Crippen molar-refractivity contribution in [1.82, 2.24) is 0 Å². The van der Waals surface area contributed by atoms with Gasteiger partial charge in [-0.15, -0.1) is 0 Å². The molecule has 0 radical (unpaired) electrons. The summed E-state index contributed by atoms with van der Waals surface area (Å²) in [7, 11) is 0. The van der Waals surface area contributed by atoms with Crippen LogP contribution in [-0.4, -0.2) is 24.5 Å². The molecule has 0 aliphatic rings. The minimum atomic E-state index is -0.917. The average Bonchev–Trinajstić information content (AvgIpc) is 2.90. The van der Waals surface area contributed by atoms with Gasteiger partial charge in [0.15, 0.2) is 0 Å². The third kappa shape index (κ3) is 7.04. The summed E-state index contributed by atoms with van der Waals surface area (Å²) in [5.74, 6) is 0.633. The standard InChI is InChI=1S/C30H28N2O6/c1-19(35-29(33)37-27-15-7-23(8-16-27)21-3-11-25(31)12-4-21)20(2)36-30(34)38-28-17-9-24(10-18-28)22-5-13-26(32)14-6-22/h3-20H,31-32H2,1-2H3. The van der Waals surface area contributed by atoms with Crippen LogP contribution in [0.15, 0.2) is 97.1 Å². The largest absolute Gasteiger partial charge is 0.514 e. The van der Waals surface area contributed by atoms with E-state index in [1.165, 1.54) is 0 Å². The average molecular weight is 513 g/mol. The summed E-state index contributed by atoms with van der Waals surface area (Å²) in [5.41, 5.74) is 16.7. The highest BCUT2D eigenvalue weighted by Crippen LogP contribution is 2.25. The van der Waals surface area contributed by atoms with Crippen LogP contribution < -0.4 is 20.9 Å². The summed E-state index contributed by atoms with van der Waals surface area (Å²) in [6.45, 7) is 3.18. The molecule has 38 heavy (non-hydrogen) atoms. The van der Waals surface area contributed by atoms with E-state index in [1.54, 1.807) is 38.1 Å². The molecule has 0 aliphatic heterocycles. The Hall–Kier alpha value is -4.98. The zero-order valence-corrected chi connectivity index (χ0v) is 21.0. The Balaban J connectivity index is 1.24. The molecule has 4 aromatic rings. The van der Waals surface area contributed by atoms with Gasteiger partial charge in [0.25, 0.3) is 0 Å². The number of anilines is 2. The maximum absolute atomic E-state index is 12.2. The number of hydrogen-bond donors (Lipinski definition) is 2. The van der Waals surface area contributed by atoms with Crippen LogP contribution in [0.2, 0.25) is 0 Å². The lowest BCUT2D eigenvalue weighted by molar-refractivity contribution is -0.0203. The van der Waals surface area contributed by atoms with E-state index in [9.17, 15) is 9.59 Å². The van der Waals surface area contributed by atoms with E-state index in [0.717, 1.165) is 22.3 Å². The number of carbonyl (C=O) groups excluding carboxylic acids is 2. The van der Waals surface area contributed by atoms with Crippen molar-refractivity contribution >= 4 is 23.7 Å². The molecule has 2 unspecified atom stereocenters. The molecule has 0 fully saturated rings. The van der Waals surface area contributed by atoms with Crippen LogP contribution in [0, 0.1) is 0 Å². The van der Waals surface area contributed by atoms with Gasteiger partial charge in [-0.1, -0.05) is 48.5 Å². The summed E-state index contributed by atoms with van der Waals surface area (Å²) in [6, 6.07) is 28.8. The Bertz CT molecular complexity index is 1260. The molecule has 0 heterocycles. The Morgan fingerprint density at radius 3 is 1.05 bits per heavy atom. The van der Waals surface area contributed by atoms with Crippen molar-refractivity contribution in [3.8, 4) is 33.8 Å². The molecule has 0 aliphatic carbocycles. The molecule has 4 aromatic carbocycles. The number of hydrogen-bond acceptors (Lipinski definition) is 8. The monoisotopic (exact) mass is 512 g/mol. The molecular formula is C30H28N2O6. The van der Waals surface area contributed by atoms with Gasteiger partial charge >= 0.3 is 12.3 Å². The van der Waals surface area contributed by atoms with Crippen molar-refractivity contribution in [3.05, 3.63) is 97.1 Å². The van der Waals surface area contributed by atoms with Crippen molar-refractivity contribution < 1.29 is 28.5 Å². The summed E-state index contributed by atoms with van der Waals surface area (Å²) in [4.78, 5) is 24.5. The van der Waals surface area contributed by atoms with Gasteiger partial charge in [0.2, 0.25) is 0 Å². The van der Waals surface area contributed by atoms with Gasteiger partial charge < -0.3 is 30.4 Å². The predicted molar refractivity (Wildman–Crippen MR) is 146 cm³/mol. The lowest BCUT2D eigenvalue weighted by Crippen LogP contribution is -2.32. The quantitative estimate of drug-likeness (QED) is 0.159. The fraction of sp³-hybridized carbons (Fsp3) is 0.133. The topological polar surface area (TPSA) is 123 Å². The van der Waals surface area contributed by atoms with Crippen molar-refractivity contribution in [3.63, 3.8) is 0 Å². The second-order valence-corrected chi connectivity index (χ2v) is 8.64. The zero-order valence-electron chi connectivity index (χ0n) is 21.0. The van der Waals surface area contributed by atoms with E-state index in [4.69, 9.17) is 30.4 Å². The molecule has 4 N–H and O–H groups in total. The zero-order chi connectivity index (χ0) is 27.1. The van der Waals surface area contributed by atoms with Crippen LogP contribution in [0.3, 0.4) is 0 Å². The molecule has 0 aromatic heterocycles. The van der Waals surface area contributed by atoms with Crippen LogP contribution in [0.4, 0.5) is 21.0 Å². The molecule has 0 amide bonds. The van der Waals surface area contributed by atoms with Crippen LogP contribution >= 0.6 is 0 Å². The van der Waals surface area contributed by atoms with Crippen molar-refractivity contribution in [1.29, 1.82) is 0 Å². The Kier molecular flexibility index (Phi) is 8.13. The number of benzene rings is 4. The van der Waals surface area contributed by atoms with Gasteiger partial charge in [0.1, 0.15) is 23.7 Å². The predicted octanol–water partition coefficient (Wildman–Crippen LogP) is 6.69. The van der Waals surface area contributed by atoms with Crippen LogP contribution in [-0.2, 0) is 9.47 Å². The van der Waals surface area contributed by atoms with E-state index >= 15 is 0 Å². The second-order valence-electron chi connectivity index (χ2n) is 8.64. The van der Waals surface area contributed by atoms with Crippen molar-refractivity contribution in [2.75, 3.05) is 11.5 Å². The molecule has 0 saturated heterocycles. The fourth-order valence-corrected chi connectivity index (χ4v) is 3.52. The lowest BCUT2D eigenvalue weighted by atomic mass is 10.1. The van der Waals surface area contributed by atoms with E-state index in [2.05, 4.69) is 0 Å². The van der Waals surface area contributed by atoms with Crippen LogP contribution in [0.1, 0.15) is 13.8 Å². The van der Waals surface area contributed by atoms with Gasteiger partial charge in [-0.05, 0) is 84.6 Å². The number of carbonyl (C=O) groups is 2. The first-order valence-electron chi connectivity index (χ1n) is 12.0.